The lowest BCUT2D eigenvalue weighted by molar-refractivity contribution is -0.124. The van der Waals surface area contributed by atoms with Gasteiger partial charge in [0.05, 0.1) is 11.8 Å². The number of nitrogens with one attached hydrogen (secondary N) is 2. The lowest BCUT2D eigenvalue weighted by Gasteiger charge is -2.24. The van der Waals surface area contributed by atoms with Crippen molar-refractivity contribution in [3.63, 3.8) is 0 Å². The summed E-state index contributed by atoms with van der Waals surface area (Å²) >= 11 is 0. The van der Waals surface area contributed by atoms with Crippen molar-refractivity contribution in [1.82, 2.24) is 20.3 Å². The first kappa shape index (κ1) is 20.3. The fourth-order valence-corrected chi connectivity index (χ4v) is 4.24. The van der Waals surface area contributed by atoms with Crippen LogP contribution in [0.1, 0.15) is 28.9 Å². The molecule has 7 nitrogen and oxygen atoms in total. The molecule has 1 amide bonds. The van der Waals surface area contributed by atoms with Crippen LogP contribution in [0, 0.1) is 6.92 Å². The number of aromatic amines is 1. The highest BCUT2D eigenvalue weighted by Gasteiger charge is 2.32. The number of carbonyl (C=O) groups is 1. The molecule has 2 aromatic heterocycles. The number of para-hydroxylation sites is 1. The Hall–Kier alpha value is -3.00. The van der Waals surface area contributed by atoms with E-state index in [1.807, 2.05) is 18.2 Å². The van der Waals surface area contributed by atoms with Gasteiger partial charge in [-0.2, -0.15) is 0 Å². The molecular weight excluding hydrogens is 380 g/mol. The second-order valence-electron chi connectivity index (χ2n) is 7.84. The molecule has 0 saturated carbocycles. The van der Waals surface area contributed by atoms with E-state index >= 15 is 0 Å². The highest BCUT2D eigenvalue weighted by molar-refractivity contribution is 5.90. The zero-order chi connectivity index (χ0) is 21.1. The van der Waals surface area contributed by atoms with Crippen LogP contribution >= 0.6 is 0 Å². The number of pyridine rings is 1. The molecule has 4 N–H and O–H groups in total. The van der Waals surface area contributed by atoms with Crippen LogP contribution in [-0.2, 0) is 17.8 Å². The number of hydrogen-bond acceptors (Lipinski definition) is 5. The van der Waals surface area contributed by atoms with Crippen LogP contribution in [0.4, 0.5) is 0 Å². The Morgan fingerprint density at radius 1 is 1.33 bits per heavy atom. The quantitative estimate of drug-likeness (QED) is 0.286. The van der Waals surface area contributed by atoms with Crippen molar-refractivity contribution in [2.45, 2.75) is 38.5 Å². The molecule has 1 aliphatic heterocycles. The Bertz CT molecular complexity index is 1060. The van der Waals surface area contributed by atoms with Crippen LogP contribution in [0.5, 0.6) is 0 Å². The molecule has 2 unspecified atom stereocenters. The van der Waals surface area contributed by atoms with Gasteiger partial charge in [-0.15, -0.1) is 0 Å². The average Bonchev–Trinajstić information content (AvgIpc) is 3.26. The van der Waals surface area contributed by atoms with Gasteiger partial charge in [-0.1, -0.05) is 24.3 Å². The van der Waals surface area contributed by atoms with Gasteiger partial charge in [-0.25, -0.2) is 5.48 Å². The predicted molar refractivity (Wildman–Crippen MR) is 115 cm³/mol. The zero-order valence-electron chi connectivity index (χ0n) is 16.9. The van der Waals surface area contributed by atoms with Gasteiger partial charge < -0.3 is 10.1 Å². The minimum absolute atomic E-state index is 0.243. The summed E-state index contributed by atoms with van der Waals surface area (Å²) in [4.78, 5) is 21.3. The number of fused-ring (bicyclic) bond motifs is 1. The molecule has 1 saturated heterocycles. The van der Waals surface area contributed by atoms with Crippen LogP contribution in [0.15, 0.2) is 48.7 Å². The van der Waals surface area contributed by atoms with E-state index in [-0.39, 0.29) is 12.1 Å². The molecule has 0 aliphatic carbocycles. The summed E-state index contributed by atoms with van der Waals surface area (Å²) in [5, 5.41) is 20.1. The SMILES string of the molecule is Cc1[nH]c2ccccc2c1CC1CC(O)CN1Cc1ccc(C=CC(=O)NO)cn1. The van der Waals surface area contributed by atoms with Gasteiger partial charge in [0.15, 0.2) is 0 Å². The van der Waals surface area contributed by atoms with Crippen LogP contribution in [0.3, 0.4) is 0 Å². The summed E-state index contributed by atoms with van der Waals surface area (Å²) in [6.45, 7) is 3.40. The van der Waals surface area contributed by atoms with Crippen molar-refractivity contribution in [3.05, 3.63) is 71.2 Å². The number of likely N-dealkylation sites (tertiary alicyclic amines) is 1. The Morgan fingerprint density at radius 2 is 2.17 bits per heavy atom. The third-order valence-electron chi connectivity index (χ3n) is 5.72. The molecule has 2 atom stereocenters. The molecule has 3 heterocycles. The minimum atomic E-state index is -0.583. The molecule has 1 fully saturated rings. The third-order valence-corrected chi connectivity index (χ3v) is 5.72. The Labute approximate surface area is 175 Å². The van der Waals surface area contributed by atoms with Gasteiger partial charge in [-0.05, 0) is 49.1 Å². The Balaban J connectivity index is 1.47. The van der Waals surface area contributed by atoms with Gasteiger partial charge in [-0.3, -0.25) is 19.9 Å². The first-order valence-corrected chi connectivity index (χ1v) is 10.1. The number of aliphatic hydroxyl groups is 1. The van der Waals surface area contributed by atoms with Gasteiger partial charge in [0.25, 0.3) is 5.91 Å². The summed E-state index contributed by atoms with van der Waals surface area (Å²) in [7, 11) is 0. The van der Waals surface area contributed by atoms with Crippen LogP contribution in [-0.4, -0.2) is 49.8 Å². The number of hydrogen-bond donors (Lipinski definition) is 4. The first-order chi connectivity index (χ1) is 14.5. The maximum atomic E-state index is 11.1. The molecule has 7 heteroatoms. The Kier molecular flexibility index (Phi) is 5.94. The highest BCUT2D eigenvalue weighted by Crippen LogP contribution is 2.29. The predicted octanol–water partition coefficient (Wildman–Crippen LogP) is 2.57. The summed E-state index contributed by atoms with van der Waals surface area (Å²) in [5.41, 5.74) is 6.88. The third kappa shape index (κ3) is 4.43. The second kappa shape index (κ2) is 8.79. The normalized spacial score (nSPS) is 19.7. The van der Waals surface area contributed by atoms with Gasteiger partial charge in [0, 0.05) is 48.0 Å². The zero-order valence-corrected chi connectivity index (χ0v) is 16.9. The lowest BCUT2D eigenvalue weighted by atomic mass is 10.0. The largest absolute Gasteiger partial charge is 0.392 e. The van der Waals surface area contributed by atoms with E-state index in [0.717, 1.165) is 29.6 Å². The van der Waals surface area contributed by atoms with E-state index < -0.39 is 5.91 Å². The van der Waals surface area contributed by atoms with Crippen molar-refractivity contribution in [2.75, 3.05) is 6.54 Å². The number of carbonyl (C=O) groups excluding carboxylic acids is 1. The fourth-order valence-electron chi connectivity index (χ4n) is 4.24. The number of nitrogens with zero attached hydrogens (tertiary/aromatic N) is 2. The van der Waals surface area contributed by atoms with Crippen LogP contribution < -0.4 is 5.48 Å². The van der Waals surface area contributed by atoms with Crippen LogP contribution in [0.25, 0.3) is 17.0 Å². The average molecular weight is 406 g/mol. The number of aromatic nitrogens is 2. The van der Waals surface area contributed by atoms with Gasteiger partial charge >= 0.3 is 0 Å². The molecule has 1 aliphatic rings. The summed E-state index contributed by atoms with van der Waals surface area (Å²) in [5.74, 6) is -0.583. The lowest BCUT2D eigenvalue weighted by Crippen LogP contribution is -2.31. The summed E-state index contributed by atoms with van der Waals surface area (Å²) in [6.07, 6.45) is 5.82. The van der Waals surface area contributed by atoms with Crippen LogP contribution in [0.2, 0.25) is 0 Å². The molecular formula is C23H26N4O3. The molecule has 0 spiro atoms. The topological polar surface area (TPSA) is 101 Å². The molecule has 30 heavy (non-hydrogen) atoms. The van der Waals surface area contributed by atoms with Gasteiger partial charge in [0.2, 0.25) is 0 Å². The Morgan fingerprint density at radius 3 is 2.93 bits per heavy atom. The highest BCUT2D eigenvalue weighted by atomic mass is 16.5. The molecule has 1 aromatic carbocycles. The maximum absolute atomic E-state index is 11.1. The minimum Gasteiger partial charge on any atom is -0.392 e. The number of rotatable bonds is 6. The van der Waals surface area contributed by atoms with Gasteiger partial charge in [0.1, 0.15) is 0 Å². The van der Waals surface area contributed by atoms with E-state index in [1.165, 1.54) is 22.7 Å². The fraction of sp³-hybridized carbons (Fsp3) is 0.304. The number of H-pyrrole nitrogens is 1. The molecule has 0 radical (unpaired) electrons. The van der Waals surface area contributed by atoms with Crippen molar-refractivity contribution in [1.29, 1.82) is 0 Å². The number of hydroxylamine groups is 1. The standard InChI is InChI=1S/C23H26N4O3/c1-15-21(20-4-2-3-5-22(20)25-15)11-18-10-19(28)14-27(18)13-17-8-6-16(12-24-17)7-9-23(29)26-30/h2-9,12,18-19,25,28,30H,10-11,13-14H2,1H3,(H,26,29). The number of β-amino-alcohol motifs (C(OH)–C–C–N with tert-alkyl or cyclic N) is 1. The number of aliphatic hydroxyl groups excluding tert-OH is 1. The van der Waals surface area contributed by atoms with E-state index in [0.29, 0.717) is 13.1 Å². The number of amides is 1. The van der Waals surface area contributed by atoms with Crippen molar-refractivity contribution < 1.29 is 15.1 Å². The summed E-state index contributed by atoms with van der Waals surface area (Å²) < 4.78 is 0. The molecule has 156 valence electrons. The molecule has 4 rings (SSSR count). The van der Waals surface area contributed by atoms with E-state index in [4.69, 9.17) is 5.21 Å². The van der Waals surface area contributed by atoms with E-state index in [2.05, 4.69) is 40.0 Å². The van der Waals surface area contributed by atoms with Crippen molar-refractivity contribution in [2.24, 2.45) is 0 Å². The summed E-state index contributed by atoms with van der Waals surface area (Å²) in [6, 6.07) is 12.4. The maximum Gasteiger partial charge on any atom is 0.267 e. The molecule has 3 aromatic rings. The van der Waals surface area contributed by atoms with E-state index in [1.54, 1.807) is 17.8 Å². The second-order valence-corrected chi connectivity index (χ2v) is 7.84. The number of benzene rings is 1. The number of aryl methyl sites for hydroxylation is 1. The monoisotopic (exact) mass is 406 g/mol. The molecule has 0 bridgehead atoms. The van der Waals surface area contributed by atoms with Crippen molar-refractivity contribution in [3.8, 4) is 0 Å². The smallest absolute Gasteiger partial charge is 0.267 e. The first-order valence-electron chi connectivity index (χ1n) is 10.1. The van der Waals surface area contributed by atoms with Crippen molar-refractivity contribution >= 4 is 22.9 Å². The van der Waals surface area contributed by atoms with E-state index in [9.17, 15) is 9.90 Å².